The topological polar surface area (TPSA) is 55.1 Å². The van der Waals surface area contributed by atoms with E-state index in [0.717, 1.165) is 22.5 Å². The van der Waals surface area contributed by atoms with Gasteiger partial charge in [0.2, 0.25) is 5.91 Å². The SMILES string of the molecule is Cc1nc(-c2ccc(NC(=O)Cc3ccccc3)cc2)co1. The largest absolute Gasteiger partial charge is 0.449 e. The average Bonchev–Trinajstić information content (AvgIpc) is 2.95. The van der Waals surface area contributed by atoms with E-state index >= 15 is 0 Å². The van der Waals surface area contributed by atoms with Gasteiger partial charge in [-0.2, -0.15) is 0 Å². The molecule has 110 valence electrons. The number of nitrogens with one attached hydrogen (secondary N) is 1. The minimum Gasteiger partial charge on any atom is -0.449 e. The number of hydrogen-bond donors (Lipinski definition) is 1. The quantitative estimate of drug-likeness (QED) is 0.795. The molecule has 1 heterocycles. The van der Waals surface area contributed by atoms with E-state index in [4.69, 9.17) is 4.42 Å². The molecule has 0 bridgehead atoms. The second-order valence-corrected chi connectivity index (χ2v) is 5.04. The summed E-state index contributed by atoms with van der Waals surface area (Å²) in [7, 11) is 0. The Balaban J connectivity index is 1.65. The number of nitrogens with zero attached hydrogens (tertiary/aromatic N) is 1. The van der Waals surface area contributed by atoms with Crippen molar-refractivity contribution >= 4 is 11.6 Å². The van der Waals surface area contributed by atoms with Crippen LogP contribution in [0.5, 0.6) is 0 Å². The fourth-order valence-electron chi connectivity index (χ4n) is 2.21. The number of rotatable bonds is 4. The molecule has 4 nitrogen and oxygen atoms in total. The zero-order chi connectivity index (χ0) is 15.4. The van der Waals surface area contributed by atoms with E-state index in [-0.39, 0.29) is 5.91 Å². The number of hydrogen-bond acceptors (Lipinski definition) is 3. The summed E-state index contributed by atoms with van der Waals surface area (Å²) in [6.45, 7) is 1.81. The second kappa shape index (κ2) is 6.26. The highest BCUT2D eigenvalue weighted by atomic mass is 16.3. The monoisotopic (exact) mass is 292 g/mol. The van der Waals surface area contributed by atoms with Gasteiger partial charge in [0.15, 0.2) is 5.89 Å². The molecule has 0 saturated heterocycles. The highest BCUT2D eigenvalue weighted by molar-refractivity contribution is 5.92. The van der Waals surface area contributed by atoms with E-state index in [1.807, 2.05) is 61.5 Å². The zero-order valence-corrected chi connectivity index (χ0v) is 12.2. The number of anilines is 1. The van der Waals surface area contributed by atoms with Crippen molar-refractivity contribution in [3.8, 4) is 11.3 Å². The Bertz CT molecular complexity index is 761. The average molecular weight is 292 g/mol. The third-order valence-electron chi connectivity index (χ3n) is 3.29. The summed E-state index contributed by atoms with van der Waals surface area (Å²) in [5.41, 5.74) is 3.51. The summed E-state index contributed by atoms with van der Waals surface area (Å²) < 4.78 is 5.20. The van der Waals surface area contributed by atoms with Crippen molar-refractivity contribution in [2.45, 2.75) is 13.3 Å². The first-order valence-electron chi connectivity index (χ1n) is 7.07. The van der Waals surface area contributed by atoms with Gasteiger partial charge in [0.05, 0.1) is 6.42 Å². The van der Waals surface area contributed by atoms with Gasteiger partial charge in [0, 0.05) is 18.2 Å². The van der Waals surface area contributed by atoms with Crippen LogP contribution in [0.1, 0.15) is 11.5 Å². The van der Waals surface area contributed by atoms with Gasteiger partial charge < -0.3 is 9.73 Å². The Morgan fingerprint density at radius 1 is 1.09 bits per heavy atom. The molecule has 0 spiro atoms. The zero-order valence-electron chi connectivity index (χ0n) is 12.2. The van der Waals surface area contributed by atoms with Gasteiger partial charge in [-0.1, -0.05) is 42.5 Å². The fourth-order valence-corrected chi connectivity index (χ4v) is 2.21. The van der Waals surface area contributed by atoms with E-state index < -0.39 is 0 Å². The number of aromatic nitrogens is 1. The van der Waals surface area contributed by atoms with Crippen molar-refractivity contribution in [2.75, 3.05) is 5.32 Å². The maximum absolute atomic E-state index is 12.0. The smallest absolute Gasteiger partial charge is 0.228 e. The molecule has 1 N–H and O–H groups in total. The van der Waals surface area contributed by atoms with Crippen LogP contribution in [0.4, 0.5) is 5.69 Å². The molecule has 1 amide bonds. The summed E-state index contributed by atoms with van der Waals surface area (Å²) in [6, 6.07) is 17.2. The third kappa shape index (κ3) is 3.41. The van der Waals surface area contributed by atoms with Gasteiger partial charge in [-0.15, -0.1) is 0 Å². The van der Waals surface area contributed by atoms with Crippen LogP contribution < -0.4 is 5.32 Å². The number of aryl methyl sites for hydroxylation is 1. The van der Waals surface area contributed by atoms with Gasteiger partial charge in [0.1, 0.15) is 12.0 Å². The second-order valence-electron chi connectivity index (χ2n) is 5.04. The molecule has 0 aliphatic heterocycles. The van der Waals surface area contributed by atoms with Crippen molar-refractivity contribution in [1.29, 1.82) is 0 Å². The number of carbonyl (C=O) groups excluding carboxylic acids is 1. The third-order valence-corrected chi connectivity index (χ3v) is 3.29. The van der Waals surface area contributed by atoms with Crippen LogP contribution in [0.25, 0.3) is 11.3 Å². The molecule has 1 aromatic heterocycles. The maximum atomic E-state index is 12.0. The predicted molar refractivity (Wildman–Crippen MR) is 85.5 cm³/mol. The predicted octanol–water partition coefficient (Wildman–Crippen LogP) is 3.83. The first-order valence-corrected chi connectivity index (χ1v) is 7.07. The van der Waals surface area contributed by atoms with Crippen LogP contribution in [0, 0.1) is 6.92 Å². The normalized spacial score (nSPS) is 10.4. The molecular weight excluding hydrogens is 276 g/mol. The Labute approximate surface area is 128 Å². The molecule has 0 saturated carbocycles. The summed E-state index contributed by atoms with van der Waals surface area (Å²) >= 11 is 0. The molecule has 3 rings (SSSR count). The molecule has 0 aliphatic rings. The van der Waals surface area contributed by atoms with Gasteiger partial charge in [-0.25, -0.2) is 4.98 Å². The lowest BCUT2D eigenvalue weighted by molar-refractivity contribution is -0.115. The van der Waals surface area contributed by atoms with Crippen LogP contribution in [-0.4, -0.2) is 10.9 Å². The van der Waals surface area contributed by atoms with Crippen LogP contribution in [0.2, 0.25) is 0 Å². The first-order chi connectivity index (χ1) is 10.7. The lowest BCUT2D eigenvalue weighted by atomic mass is 10.1. The Morgan fingerprint density at radius 2 is 1.82 bits per heavy atom. The fraction of sp³-hybridized carbons (Fsp3) is 0.111. The molecule has 0 radical (unpaired) electrons. The number of benzene rings is 2. The molecule has 2 aromatic carbocycles. The Kier molecular flexibility index (Phi) is 4.01. The highest BCUT2D eigenvalue weighted by Crippen LogP contribution is 2.20. The summed E-state index contributed by atoms with van der Waals surface area (Å²) in [5, 5.41) is 2.89. The minimum absolute atomic E-state index is 0.0313. The van der Waals surface area contributed by atoms with Gasteiger partial charge in [-0.3, -0.25) is 4.79 Å². The van der Waals surface area contributed by atoms with Crippen molar-refractivity contribution in [3.63, 3.8) is 0 Å². The van der Waals surface area contributed by atoms with Gasteiger partial charge in [-0.05, 0) is 17.7 Å². The molecule has 3 aromatic rings. The number of carbonyl (C=O) groups is 1. The molecular formula is C18H16N2O2. The highest BCUT2D eigenvalue weighted by Gasteiger charge is 2.06. The molecule has 22 heavy (non-hydrogen) atoms. The Morgan fingerprint density at radius 3 is 2.45 bits per heavy atom. The lowest BCUT2D eigenvalue weighted by Gasteiger charge is -2.06. The molecule has 0 aliphatic carbocycles. The van der Waals surface area contributed by atoms with Crippen LogP contribution in [-0.2, 0) is 11.2 Å². The summed E-state index contributed by atoms with van der Waals surface area (Å²) in [6.07, 6.45) is 1.99. The van der Waals surface area contributed by atoms with Crippen molar-refractivity contribution in [3.05, 3.63) is 72.3 Å². The van der Waals surface area contributed by atoms with Crippen LogP contribution in [0.3, 0.4) is 0 Å². The van der Waals surface area contributed by atoms with Crippen LogP contribution in [0.15, 0.2) is 65.3 Å². The summed E-state index contributed by atoms with van der Waals surface area (Å²) in [5.74, 6) is 0.603. The van der Waals surface area contributed by atoms with Gasteiger partial charge in [0.25, 0.3) is 0 Å². The first kappa shape index (κ1) is 14.1. The van der Waals surface area contributed by atoms with Crippen molar-refractivity contribution in [1.82, 2.24) is 4.98 Å². The summed E-state index contributed by atoms with van der Waals surface area (Å²) in [4.78, 5) is 16.3. The Hall–Kier alpha value is -2.88. The molecule has 0 atom stereocenters. The number of amides is 1. The van der Waals surface area contributed by atoms with Crippen molar-refractivity contribution < 1.29 is 9.21 Å². The van der Waals surface area contributed by atoms with E-state index in [1.165, 1.54) is 0 Å². The molecule has 4 heteroatoms. The van der Waals surface area contributed by atoms with E-state index in [2.05, 4.69) is 10.3 Å². The van der Waals surface area contributed by atoms with Gasteiger partial charge >= 0.3 is 0 Å². The van der Waals surface area contributed by atoms with E-state index in [0.29, 0.717) is 12.3 Å². The maximum Gasteiger partial charge on any atom is 0.228 e. The standard InChI is InChI=1S/C18H16N2O2/c1-13-19-17(12-22-13)15-7-9-16(10-8-15)20-18(21)11-14-5-3-2-4-6-14/h2-10,12H,11H2,1H3,(H,20,21). The van der Waals surface area contributed by atoms with E-state index in [9.17, 15) is 4.79 Å². The van der Waals surface area contributed by atoms with Crippen molar-refractivity contribution in [2.24, 2.45) is 0 Å². The molecule has 0 fully saturated rings. The van der Waals surface area contributed by atoms with Crippen LogP contribution >= 0.6 is 0 Å². The minimum atomic E-state index is -0.0313. The molecule has 0 unspecified atom stereocenters. The number of oxazole rings is 1. The van der Waals surface area contributed by atoms with E-state index in [1.54, 1.807) is 6.26 Å². The lowest BCUT2D eigenvalue weighted by Crippen LogP contribution is -2.14.